The molecule has 12 heavy (non-hydrogen) atoms. The van der Waals surface area contributed by atoms with Gasteiger partial charge in [-0.25, -0.2) is 4.98 Å². The number of rotatable bonds is 3. The quantitative estimate of drug-likeness (QED) is 0.637. The minimum atomic E-state index is 0.622. The molecule has 3 heteroatoms. The molecule has 0 aliphatic heterocycles. The van der Waals surface area contributed by atoms with Gasteiger partial charge in [-0.1, -0.05) is 0 Å². The fourth-order valence-corrected chi connectivity index (χ4v) is 1.10. The zero-order chi connectivity index (χ0) is 8.97. The van der Waals surface area contributed by atoms with Crippen molar-refractivity contribution in [1.29, 1.82) is 5.26 Å². The number of hydrogen-bond donors (Lipinski definition) is 0. The third-order valence-electron chi connectivity index (χ3n) is 2.03. The summed E-state index contributed by atoms with van der Waals surface area (Å²) in [5.41, 5.74) is 2.28. The Morgan fingerprint density at radius 2 is 2.33 bits per heavy atom. The van der Waals surface area contributed by atoms with Crippen LogP contribution in [0, 0.1) is 25.2 Å². The Hall–Kier alpha value is -1.30. The first-order valence-corrected chi connectivity index (χ1v) is 4.11. The predicted molar refractivity (Wildman–Crippen MR) is 46.5 cm³/mol. The maximum absolute atomic E-state index is 8.34. The smallest absolute Gasteiger partial charge is 0.0951 e. The second-order valence-electron chi connectivity index (χ2n) is 2.87. The summed E-state index contributed by atoms with van der Waals surface area (Å²) < 4.78 is 2.09. The van der Waals surface area contributed by atoms with Crippen molar-refractivity contribution in [2.75, 3.05) is 0 Å². The molecule has 0 bridgehead atoms. The van der Waals surface area contributed by atoms with Crippen LogP contribution in [-0.4, -0.2) is 9.55 Å². The summed E-state index contributed by atoms with van der Waals surface area (Å²) in [6.07, 6.45) is 3.37. The van der Waals surface area contributed by atoms with Crippen molar-refractivity contribution >= 4 is 0 Å². The molecule has 1 aromatic rings. The maximum Gasteiger partial charge on any atom is 0.0951 e. The lowest BCUT2D eigenvalue weighted by Crippen LogP contribution is -1.98. The molecule has 0 fully saturated rings. The molecule has 64 valence electrons. The average Bonchev–Trinajstić information content (AvgIpc) is 2.36. The highest BCUT2D eigenvalue weighted by molar-refractivity contribution is 5.08. The van der Waals surface area contributed by atoms with Gasteiger partial charge in [-0.3, -0.25) is 0 Å². The monoisotopic (exact) mass is 163 g/mol. The molecule has 0 unspecified atom stereocenters. The molecule has 0 aliphatic rings. The maximum atomic E-state index is 8.34. The average molecular weight is 163 g/mol. The summed E-state index contributed by atoms with van der Waals surface area (Å²) in [7, 11) is 0. The predicted octanol–water partition coefficient (Wildman–Crippen LogP) is 1.80. The van der Waals surface area contributed by atoms with E-state index in [1.807, 2.05) is 13.3 Å². The molecule has 0 saturated carbocycles. The molecule has 0 saturated heterocycles. The Morgan fingerprint density at radius 3 is 2.83 bits per heavy atom. The number of hydrogen-bond acceptors (Lipinski definition) is 2. The first-order valence-electron chi connectivity index (χ1n) is 4.11. The third-order valence-corrected chi connectivity index (χ3v) is 2.03. The van der Waals surface area contributed by atoms with Crippen LogP contribution in [0.25, 0.3) is 0 Å². The van der Waals surface area contributed by atoms with E-state index in [1.54, 1.807) is 0 Å². The Labute approximate surface area is 72.7 Å². The van der Waals surface area contributed by atoms with E-state index in [-0.39, 0.29) is 0 Å². The van der Waals surface area contributed by atoms with Crippen LogP contribution < -0.4 is 0 Å². The number of aryl methyl sites for hydroxylation is 2. The van der Waals surface area contributed by atoms with E-state index >= 15 is 0 Å². The topological polar surface area (TPSA) is 41.6 Å². The van der Waals surface area contributed by atoms with Gasteiger partial charge in [-0.15, -0.1) is 0 Å². The van der Waals surface area contributed by atoms with E-state index in [4.69, 9.17) is 5.26 Å². The number of nitriles is 1. The van der Waals surface area contributed by atoms with E-state index in [9.17, 15) is 0 Å². The van der Waals surface area contributed by atoms with Crippen LogP contribution in [0.2, 0.25) is 0 Å². The molecule has 0 atom stereocenters. The van der Waals surface area contributed by atoms with Crippen molar-refractivity contribution in [3.8, 4) is 6.07 Å². The second-order valence-corrected chi connectivity index (χ2v) is 2.87. The summed E-state index contributed by atoms with van der Waals surface area (Å²) in [5, 5.41) is 8.34. The van der Waals surface area contributed by atoms with Gasteiger partial charge < -0.3 is 4.57 Å². The summed E-state index contributed by atoms with van der Waals surface area (Å²) in [5.74, 6) is 0. The first-order chi connectivity index (χ1) is 5.75. The van der Waals surface area contributed by atoms with Gasteiger partial charge in [-0.05, 0) is 20.3 Å². The number of aromatic nitrogens is 2. The molecule has 0 N–H and O–H groups in total. The fraction of sp³-hybridized carbons (Fsp3) is 0.556. The minimum absolute atomic E-state index is 0.622. The minimum Gasteiger partial charge on any atom is -0.335 e. The lowest BCUT2D eigenvalue weighted by molar-refractivity contribution is 0.638. The van der Waals surface area contributed by atoms with E-state index < -0.39 is 0 Å². The summed E-state index contributed by atoms with van der Waals surface area (Å²) in [4.78, 5) is 4.17. The second kappa shape index (κ2) is 3.91. The van der Waals surface area contributed by atoms with E-state index in [1.165, 1.54) is 5.69 Å². The summed E-state index contributed by atoms with van der Waals surface area (Å²) >= 11 is 0. The Kier molecular flexibility index (Phi) is 2.87. The molecular weight excluding hydrogens is 150 g/mol. The Morgan fingerprint density at radius 1 is 1.58 bits per heavy atom. The van der Waals surface area contributed by atoms with Crippen LogP contribution in [-0.2, 0) is 6.54 Å². The van der Waals surface area contributed by atoms with Crippen LogP contribution in [0.5, 0.6) is 0 Å². The van der Waals surface area contributed by atoms with Crippen molar-refractivity contribution in [3.05, 3.63) is 17.7 Å². The van der Waals surface area contributed by atoms with Crippen LogP contribution in [0.4, 0.5) is 0 Å². The zero-order valence-corrected chi connectivity index (χ0v) is 7.54. The molecule has 1 heterocycles. The third kappa shape index (κ3) is 1.85. The number of unbranched alkanes of at least 4 members (excludes halogenated alkanes) is 1. The Bertz CT molecular complexity index is 293. The van der Waals surface area contributed by atoms with Gasteiger partial charge in [0.1, 0.15) is 0 Å². The van der Waals surface area contributed by atoms with Gasteiger partial charge in [0.2, 0.25) is 0 Å². The van der Waals surface area contributed by atoms with E-state index in [2.05, 4.69) is 22.5 Å². The van der Waals surface area contributed by atoms with Crippen molar-refractivity contribution in [1.82, 2.24) is 9.55 Å². The van der Waals surface area contributed by atoms with Crippen LogP contribution >= 0.6 is 0 Å². The van der Waals surface area contributed by atoms with Crippen molar-refractivity contribution < 1.29 is 0 Å². The molecule has 0 aromatic carbocycles. The van der Waals surface area contributed by atoms with Gasteiger partial charge in [0.05, 0.1) is 18.1 Å². The van der Waals surface area contributed by atoms with Crippen molar-refractivity contribution in [2.24, 2.45) is 0 Å². The molecule has 1 rings (SSSR count). The van der Waals surface area contributed by atoms with Gasteiger partial charge in [0, 0.05) is 18.7 Å². The summed E-state index contributed by atoms with van der Waals surface area (Å²) in [6, 6.07) is 2.13. The molecule has 3 nitrogen and oxygen atoms in total. The van der Waals surface area contributed by atoms with Crippen LogP contribution in [0.3, 0.4) is 0 Å². The van der Waals surface area contributed by atoms with Crippen LogP contribution in [0.15, 0.2) is 6.33 Å². The van der Waals surface area contributed by atoms with Gasteiger partial charge in [0.25, 0.3) is 0 Å². The van der Waals surface area contributed by atoms with E-state index in [0.717, 1.165) is 18.7 Å². The molecule has 0 aliphatic carbocycles. The van der Waals surface area contributed by atoms with Crippen molar-refractivity contribution in [2.45, 2.75) is 33.2 Å². The zero-order valence-electron chi connectivity index (χ0n) is 7.54. The SMILES string of the molecule is Cc1ncn(CCCC#N)c1C. The lowest BCUT2D eigenvalue weighted by Gasteiger charge is -2.01. The van der Waals surface area contributed by atoms with Gasteiger partial charge >= 0.3 is 0 Å². The van der Waals surface area contributed by atoms with Crippen molar-refractivity contribution in [3.63, 3.8) is 0 Å². The first kappa shape index (κ1) is 8.79. The molecular formula is C9H13N3. The molecule has 0 spiro atoms. The van der Waals surface area contributed by atoms with Gasteiger partial charge in [-0.2, -0.15) is 5.26 Å². The highest BCUT2D eigenvalue weighted by Gasteiger charge is 1.99. The Balaban J connectivity index is 2.53. The van der Waals surface area contributed by atoms with Crippen LogP contribution in [0.1, 0.15) is 24.2 Å². The number of imidazole rings is 1. The molecule has 0 amide bonds. The van der Waals surface area contributed by atoms with Gasteiger partial charge in [0.15, 0.2) is 0 Å². The highest BCUT2D eigenvalue weighted by atomic mass is 15.0. The highest BCUT2D eigenvalue weighted by Crippen LogP contribution is 2.05. The number of nitrogens with zero attached hydrogens (tertiary/aromatic N) is 3. The lowest BCUT2D eigenvalue weighted by atomic mass is 10.3. The summed E-state index contributed by atoms with van der Waals surface area (Å²) in [6.45, 7) is 4.95. The van der Waals surface area contributed by atoms with E-state index in [0.29, 0.717) is 6.42 Å². The largest absolute Gasteiger partial charge is 0.335 e. The normalized spacial score (nSPS) is 9.75. The standard InChI is InChI=1S/C9H13N3/c1-8-9(2)12(7-11-8)6-4-3-5-10/h7H,3-4,6H2,1-2H3. The molecule has 1 aromatic heterocycles. The fourth-order valence-electron chi connectivity index (χ4n) is 1.10. The molecule has 0 radical (unpaired) electrons.